The average molecular weight is 483 g/mol. The van der Waals surface area contributed by atoms with Crippen molar-refractivity contribution in [1.29, 1.82) is 0 Å². The zero-order valence-electron chi connectivity index (χ0n) is 21.9. The second kappa shape index (κ2) is 9.41. The van der Waals surface area contributed by atoms with Crippen molar-refractivity contribution in [1.82, 2.24) is 0 Å². The number of carbonyl (C=O) groups excluding carboxylic acids is 3. The number of fused-ring (bicyclic) bond motifs is 5. The van der Waals surface area contributed by atoms with Crippen molar-refractivity contribution in [2.75, 3.05) is 0 Å². The van der Waals surface area contributed by atoms with E-state index in [-0.39, 0.29) is 30.1 Å². The summed E-state index contributed by atoms with van der Waals surface area (Å²) in [6.07, 6.45) is 0.736. The van der Waals surface area contributed by atoms with Crippen LogP contribution in [-0.2, 0) is 33.3 Å². The lowest BCUT2D eigenvalue weighted by Gasteiger charge is -2.51. The van der Waals surface area contributed by atoms with Gasteiger partial charge in [-0.2, -0.15) is 0 Å². The molecule has 9 atom stereocenters. The lowest BCUT2D eigenvalue weighted by molar-refractivity contribution is -0.185. The molecule has 0 amide bonds. The highest BCUT2D eigenvalue weighted by Gasteiger charge is 2.65. The highest BCUT2D eigenvalue weighted by molar-refractivity contribution is 5.67. The molecule has 3 fully saturated rings. The van der Waals surface area contributed by atoms with Crippen LogP contribution >= 0.6 is 0 Å². The predicted molar refractivity (Wildman–Crippen MR) is 124 cm³/mol. The van der Waals surface area contributed by atoms with E-state index in [0.29, 0.717) is 25.2 Å². The third kappa shape index (κ3) is 5.13. The summed E-state index contributed by atoms with van der Waals surface area (Å²) in [5.74, 6) is -0.879. The van der Waals surface area contributed by atoms with Crippen molar-refractivity contribution in [2.24, 2.45) is 23.7 Å². The topological polar surface area (TPSA) is 108 Å². The molecule has 0 radical (unpaired) electrons. The summed E-state index contributed by atoms with van der Waals surface area (Å²) in [6, 6.07) is 0. The fourth-order valence-electron chi connectivity index (χ4n) is 7.09. The van der Waals surface area contributed by atoms with Gasteiger partial charge in [-0.05, 0) is 58.3 Å². The molecule has 34 heavy (non-hydrogen) atoms. The van der Waals surface area contributed by atoms with E-state index < -0.39 is 47.1 Å². The summed E-state index contributed by atoms with van der Waals surface area (Å²) in [6.45, 7) is 14.0. The van der Waals surface area contributed by atoms with Crippen LogP contribution in [0.5, 0.6) is 0 Å². The molecule has 8 nitrogen and oxygen atoms in total. The third-order valence-electron chi connectivity index (χ3n) is 8.39. The Labute approximate surface area is 203 Å². The van der Waals surface area contributed by atoms with E-state index in [2.05, 4.69) is 13.8 Å². The van der Waals surface area contributed by atoms with E-state index in [4.69, 9.17) is 18.9 Å². The molecule has 0 aromatic heterocycles. The Balaban J connectivity index is 2.16. The van der Waals surface area contributed by atoms with E-state index in [1.165, 1.54) is 20.8 Å². The van der Waals surface area contributed by atoms with E-state index in [9.17, 15) is 19.5 Å². The van der Waals surface area contributed by atoms with E-state index in [1.54, 1.807) is 6.92 Å². The fourth-order valence-corrected chi connectivity index (χ4v) is 7.09. The molecule has 2 heterocycles. The minimum atomic E-state index is -1.38. The molecule has 1 saturated carbocycles. The van der Waals surface area contributed by atoms with Crippen molar-refractivity contribution in [2.45, 2.75) is 123 Å². The van der Waals surface area contributed by atoms with Crippen molar-refractivity contribution >= 4 is 17.9 Å². The zero-order valence-corrected chi connectivity index (χ0v) is 21.9. The van der Waals surface area contributed by atoms with Gasteiger partial charge in [0.15, 0.2) is 0 Å². The fraction of sp³-hybridized carbons (Fsp3) is 0.885. The van der Waals surface area contributed by atoms with Gasteiger partial charge in [-0.15, -0.1) is 0 Å². The Morgan fingerprint density at radius 1 is 0.912 bits per heavy atom. The maximum atomic E-state index is 12.2. The number of ether oxygens (including phenoxy) is 4. The molecule has 2 bridgehead atoms. The Morgan fingerprint density at radius 2 is 1.47 bits per heavy atom. The monoisotopic (exact) mass is 482 g/mol. The lowest BCUT2D eigenvalue weighted by atomic mass is 9.57. The molecular formula is C26H42O8. The molecule has 0 aromatic carbocycles. The van der Waals surface area contributed by atoms with E-state index in [1.807, 2.05) is 13.8 Å². The number of carbonyl (C=O) groups is 3. The smallest absolute Gasteiger partial charge is 0.303 e. The number of hydrogen-bond donors (Lipinski definition) is 1. The van der Waals surface area contributed by atoms with Crippen LogP contribution < -0.4 is 0 Å². The third-order valence-corrected chi connectivity index (χ3v) is 8.39. The van der Waals surface area contributed by atoms with Gasteiger partial charge in [0.25, 0.3) is 0 Å². The minimum absolute atomic E-state index is 0.0338. The van der Waals surface area contributed by atoms with Crippen LogP contribution in [-0.4, -0.2) is 58.1 Å². The second-order valence-electron chi connectivity index (χ2n) is 11.7. The largest absolute Gasteiger partial charge is 0.460 e. The van der Waals surface area contributed by atoms with Gasteiger partial charge in [-0.1, -0.05) is 13.8 Å². The van der Waals surface area contributed by atoms with Gasteiger partial charge in [0.2, 0.25) is 0 Å². The average Bonchev–Trinajstić information content (AvgIpc) is 3.04. The highest BCUT2D eigenvalue weighted by atomic mass is 16.6. The first-order valence-electron chi connectivity index (χ1n) is 12.5. The molecule has 0 spiro atoms. The van der Waals surface area contributed by atoms with Gasteiger partial charge in [0.05, 0.1) is 6.10 Å². The van der Waals surface area contributed by atoms with Gasteiger partial charge < -0.3 is 24.1 Å². The molecule has 3 rings (SSSR count). The van der Waals surface area contributed by atoms with Crippen LogP contribution in [0.25, 0.3) is 0 Å². The summed E-state index contributed by atoms with van der Waals surface area (Å²) < 4.78 is 24.2. The van der Waals surface area contributed by atoms with Gasteiger partial charge in [0, 0.05) is 39.0 Å². The molecule has 2 aliphatic heterocycles. The van der Waals surface area contributed by atoms with Crippen molar-refractivity contribution in [3.05, 3.63) is 0 Å². The van der Waals surface area contributed by atoms with Crippen LogP contribution in [0.2, 0.25) is 0 Å². The van der Waals surface area contributed by atoms with Gasteiger partial charge >= 0.3 is 17.9 Å². The molecule has 194 valence electrons. The van der Waals surface area contributed by atoms with E-state index in [0.717, 1.165) is 6.42 Å². The second-order valence-corrected chi connectivity index (χ2v) is 11.7. The summed E-state index contributed by atoms with van der Waals surface area (Å²) in [5.41, 5.74) is -3.16. The summed E-state index contributed by atoms with van der Waals surface area (Å²) in [7, 11) is 0. The summed E-state index contributed by atoms with van der Waals surface area (Å²) >= 11 is 0. The first kappa shape index (κ1) is 26.9. The van der Waals surface area contributed by atoms with Crippen molar-refractivity contribution in [3.8, 4) is 0 Å². The Kier molecular flexibility index (Phi) is 7.46. The van der Waals surface area contributed by atoms with Crippen molar-refractivity contribution < 1.29 is 38.4 Å². The van der Waals surface area contributed by atoms with Crippen LogP contribution in [0.3, 0.4) is 0 Å². The van der Waals surface area contributed by atoms with Gasteiger partial charge in [-0.25, -0.2) is 0 Å². The van der Waals surface area contributed by atoms with Crippen LogP contribution in [0.15, 0.2) is 0 Å². The molecule has 1 N–H and O–H groups in total. The number of rotatable bonds is 4. The predicted octanol–water partition coefficient (Wildman–Crippen LogP) is 3.56. The quantitative estimate of drug-likeness (QED) is 0.479. The molecule has 0 aromatic rings. The van der Waals surface area contributed by atoms with Crippen LogP contribution in [0.4, 0.5) is 0 Å². The minimum Gasteiger partial charge on any atom is -0.460 e. The Bertz CT molecular complexity index is 807. The van der Waals surface area contributed by atoms with E-state index >= 15 is 0 Å². The molecule has 2 saturated heterocycles. The number of aliphatic hydroxyl groups is 1. The molecule has 1 aliphatic carbocycles. The Hall–Kier alpha value is -1.67. The normalized spacial score (nSPS) is 44.3. The van der Waals surface area contributed by atoms with Gasteiger partial charge in [0.1, 0.15) is 29.0 Å². The SMILES string of the molecule is CC(=O)O[C@@H]1CC[C@](C)(OC(C)=O)[C@H]2O[C@@H](CC1(C)O)[C@H]1[C@@H]2[C@H](C(C)C)CC[C@]1(C)OC(C)=O. The maximum Gasteiger partial charge on any atom is 0.303 e. The zero-order chi connectivity index (χ0) is 25.6. The van der Waals surface area contributed by atoms with Crippen LogP contribution in [0, 0.1) is 23.7 Å². The number of esters is 3. The molecule has 3 aliphatic rings. The molecular weight excluding hydrogens is 440 g/mol. The van der Waals surface area contributed by atoms with Gasteiger partial charge in [-0.3, -0.25) is 14.4 Å². The first-order valence-corrected chi connectivity index (χ1v) is 12.5. The Morgan fingerprint density at radius 3 is 2.00 bits per heavy atom. The van der Waals surface area contributed by atoms with Crippen LogP contribution in [0.1, 0.15) is 87.5 Å². The maximum absolute atomic E-state index is 12.2. The molecule has 1 unspecified atom stereocenters. The molecule has 8 heteroatoms. The lowest BCUT2D eigenvalue weighted by Crippen LogP contribution is -2.58. The first-order chi connectivity index (χ1) is 15.6. The highest BCUT2D eigenvalue weighted by Crippen LogP contribution is 2.58. The van der Waals surface area contributed by atoms with Crippen molar-refractivity contribution in [3.63, 3.8) is 0 Å². The summed E-state index contributed by atoms with van der Waals surface area (Å²) in [5, 5.41) is 11.5. The standard InChI is InChI=1S/C26H42O8/c1-14(2)18-9-11-25(7,33-16(4)28)22-19-13-24(6,30)20(31-15(3)27)10-12-26(8,34-17(5)29)23(32-19)21(18)22/h14,18-23,30H,9-13H2,1-8H3/t18-,19-,20+,21-,22-,23-,24?,25-,26-/m0/s1. The summed E-state index contributed by atoms with van der Waals surface area (Å²) in [4.78, 5) is 36.2. The number of hydrogen-bond acceptors (Lipinski definition) is 8.